The molecule has 2 aliphatic rings. The number of rotatable bonds is 6. The highest BCUT2D eigenvalue weighted by Crippen LogP contribution is 2.33. The van der Waals surface area contributed by atoms with Gasteiger partial charge in [-0.1, -0.05) is 25.8 Å². The predicted octanol–water partition coefficient (Wildman–Crippen LogP) is 3.41. The van der Waals surface area contributed by atoms with E-state index >= 15 is 0 Å². The van der Waals surface area contributed by atoms with E-state index in [0.29, 0.717) is 17.7 Å². The van der Waals surface area contributed by atoms with E-state index in [1.807, 2.05) is 12.1 Å². The Morgan fingerprint density at radius 2 is 2.04 bits per heavy atom. The fraction of sp³-hybridized carbons (Fsp3) is 0.684. The third-order valence-corrected chi connectivity index (χ3v) is 5.96. The third-order valence-electron chi connectivity index (χ3n) is 5.37. The Morgan fingerprint density at radius 1 is 1.24 bits per heavy atom. The number of anilines is 2. The van der Waals surface area contributed by atoms with Crippen molar-refractivity contribution in [2.24, 2.45) is 5.92 Å². The summed E-state index contributed by atoms with van der Waals surface area (Å²) in [5.41, 5.74) is 2.96. The summed E-state index contributed by atoms with van der Waals surface area (Å²) in [5, 5.41) is 0. The summed E-state index contributed by atoms with van der Waals surface area (Å²) in [6, 6.07) is 5.86. The SMILES string of the molecule is CC1CCCCC1OCCN1CCCc2c(NS(C)(=O)=O)cccc21. The smallest absolute Gasteiger partial charge is 0.229 e. The van der Waals surface area contributed by atoms with Crippen LogP contribution in [0.25, 0.3) is 0 Å². The molecule has 2 unspecified atom stereocenters. The van der Waals surface area contributed by atoms with Gasteiger partial charge in [-0.25, -0.2) is 8.42 Å². The summed E-state index contributed by atoms with van der Waals surface area (Å²) >= 11 is 0. The molecule has 1 aromatic carbocycles. The second-order valence-corrected chi connectivity index (χ2v) is 9.19. The maximum atomic E-state index is 11.6. The van der Waals surface area contributed by atoms with Crippen LogP contribution >= 0.6 is 0 Å². The molecule has 0 aromatic heterocycles. The van der Waals surface area contributed by atoms with Crippen LogP contribution in [0.4, 0.5) is 11.4 Å². The highest BCUT2D eigenvalue weighted by molar-refractivity contribution is 7.92. The van der Waals surface area contributed by atoms with Crippen molar-refractivity contribution in [1.82, 2.24) is 0 Å². The number of hydrogen-bond donors (Lipinski definition) is 1. The molecule has 140 valence electrons. The van der Waals surface area contributed by atoms with Gasteiger partial charge in [0.2, 0.25) is 10.0 Å². The first-order chi connectivity index (χ1) is 11.9. The minimum absolute atomic E-state index is 0.399. The summed E-state index contributed by atoms with van der Waals surface area (Å²) in [4.78, 5) is 2.33. The first kappa shape index (κ1) is 18.5. The normalized spacial score (nSPS) is 24.0. The lowest BCUT2D eigenvalue weighted by Gasteiger charge is -2.34. The Labute approximate surface area is 151 Å². The average Bonchev–Trinajstić information content (AvgIpc) is 2.56. The minimum Gasteiger partial charge on any atom is -0.376 e. The van der Waals surface area contributed by atoms with Crippen LogP contribution in [0, 0.1) is 5.92 Å². The van der Waals surface area contributed by atoms with E-state index in [2.05, 4.69) is 22.6 Å². The molecule has 1 aliphatic carbocycles. The molecule has 0 spiro atoms. The molecule has 0 radical (unpaired) electrons. The van der Waals surface area contributed by atoms with Gasteiger partial charge in [-0.3, -0.25) is 4.72 Å². The maximum Gasteiger partial charge on any atom is 0.229 e. The second kappa shape index (κ2) is 7.96. The summed E-state index contributed by atoms with van der Waals surface area (Å²) in [5.74, 6) is 0.660. The molecule has 2 atom stereocenters. The monoisotopic (exact) mass is 366 g/mol. The van der Waals surface area contributed by atoms with Crippen LogP contribution in [0.5, 0.6) is 0 Å². The number of ether oxygens (including phenoxy) is 1. The zero-order chi connectivity index (χ0) is 17.9. The average molecular weight is 367 g/mol. The zero-order valence-corrected chi connectivity index (χ0v) is 16.1. The second-order valence-electron chi connectivity index (χ2n) is 7.44. The van der Waals surface area contributed by atoms with Gasteiger partial charge in [-0.15, -0.1) is 0 Å². The molecule has 6 heteroatoms. The first-order valence-electron chi connectivity index (χ1n) is 9.40. The number of fused-ring (bicyclic) bond motifs is 1. The van der Waals surface area contributed by atoms with Crippen LogP contribution in [-0.4, -0.2) is 40.5 Å². The molecule has 1 fully saturated rings. The molecule has 1 heterocycles. The van der Waals surface area contributed by atoms with E-state index in [4.69, 9.17) is 4.74 Å². The highest BCUT2D eigenvalue weighted by Gasteiger charge is 2.23. The topological polar surface area (TPSA) is 58.6 Å². The molecule has 25 heavy (non-hydrogen) atoms. The van der Waals surface area contributed by atoms with Crippen LogP contribution < -0.4 is 9.62 Å². The van der Waals surface area contributed by atoms with Crippen LogP contribution in [0.1, 0.15) is 44.6 Å². The summed E-state index contributed by atoms with van der Waals surface area (Å²) in [6.45, 7) is 4.89. The van der Waals surface area contributed by atoms with Crippen molar-refractivity contribution in [3.8, 4) is 0 Å². The van der Waals surface area contributed by atoms with E-state index in [9.17, 15) is 8.42 Å². The van der Waals surface area contributed by atoms with Crippen LogP contribution in [-0.2, 0) is 21.2 Å². The minimum atomic E-state index is -3.26. The van der Waals surface area contributed by atoms with Crippen LogP contribution in [0.2, 0.25) is 0 Å². The molecule has 0 saturated heterocycles. The quantitative estimate of drug-likeness (QED) is 0.838. The largest absolute Gasteiger partial charge is 0.376 e. The van der Waals surface area contributed by atoms with Gasteiger partial charge >= 0.3 is 0 Å². The Hall–Kier alpha value is -1.27. The molecule has 1 aliphatic heterocycles. The third kappa shape index (κ3) is 4.88. The van der Waals surface area contributed by atoms with Gasteiger partial charge in [-0.05, 0) is 49.3 Å². The molecule has 0 bridgehead atoms. The fourth-order valence-electron chi connectivity index (χ4n) is 4.07. The molecule has 1 saturated carbocycles. The van der Waals surface area contributed by atoms with E-state index in [1.165, 1.54) is 31.9 Å². The standard InChI is InChI=1S/C19H30N2O3S/c1-15-7-3-4-11-19(15)24-14-13-21-12-6-8-16-17(20-25(2,22)23)9-5-10-18(16)21/h5,9-10,15,19-20H,3-4,6-8,11-14H2,1-2H3. The van der Waals surface area contributed by atoms with Gasteiger partial charge in [-0.2, -0.15) is 0 Å². The summed E-state index contributed by atoms with van der Waals surface area (Å²) in [6.07, 6.45) is 8.61. The Kier molecular flexibility index (Phi) is 5.89. The van der Waals surface area contributed by atoms with Crippen molar-refractivity contribution in [3.63, 3.8) is 0 Å². The van der Waals surface area contributed by atoms with Crippen molar-refractivity contribution in [2.75, 3.05) is 35.6 Å². The van der Waals surface area contributed by atoms with Gasteiger partial charge in [0.15, 0.2) is 0 Å². The van der Waals surface area contributed by atoms with Gasteiger partial charge in [0.1, 0.15) is 0 Å². The number of nitrogens with one attached hydrogen (secondary N) is 1. The molecular formula is C19H30N2O3S. The van der Waals surface area contributed by atoms with Crippen LogP contribution in [0.3, 0.4) is 0 Å². The van der Waals surface area contributed by atoms with Gasteiger partial charge in [0.05, 0.1) is 24.7 Å². The maximum absolute atomic E-state index is 11.6. The van der Waals surface area contributed by atoms with E-state index < -0.39 is 10.0 Å². The van der Waals surface area contributed by atoms with Crippen LogP contribution in [0.15, 0.2) is 18.2 Å². The van der Waals surface area contributed by atoms with Gasteiger partial charge in [0, 0.05) is 18.8 Å². The highest BCUT2D eigenvalue weighted by atomic mass is 32.2. The molecule has 3 rings (SSSR count). The van der Waals surface area contributed by atoms with Crippen molar-refractivity contribution >= 4 is 21.4 Å². The van der Waals surface area contributed by atoms with Crippen molar-refractivity contribution in [3.05, 3.63) is 23.8 Å². The molecule has 1 aromatic rings. The number of sulfonamides is 1. The lowest BCUT2D eigenvalue weighted by molar-refractivity contribution is -0.00137. The predicted molar refractivity (Wildman–Crippen MR) is 103 cm³/mol. The summed E-state index contributed by atoms with van der Waals surface area (Å²) in [7, 11) is -3.26. The van der Waals surface area contributed by atoms with E-state index in [1.54, 1.807) is 0 Å². The number of benzene rings is 1. The van der Waals surface area contributed by atoms with Gasteiger partial charge < -0.3 is 9.64 Å². The zero-order valence-electron chi connectivity index (χ0n) is 15.3. The fourth-order valence-corrected chi connectivity index (χ4v) is 4.66. The lowest BCUT2D eigenvalue weighted by Crippen LogP contribution is -2.35. The molecule has 5 nitrogen and oxygen atoms in total. The lowest BCUT2D eigenvalue weighted by atomic mass is 9.88. The van der Waals surface area contributed by atoms with Crippen molar-refractivity contribution < 1.29 is 13.2 Å². The Morgan fingerprint density at radius 3 is 2.80 bits per heavy atom. The Balaban J connectivity index is 1.64. The van der Waals surface area contributed by atoms with Crippen molar-refractivity contribution in [2.45, 2.75) is 51.6 Å². The first-order valence-corrected chi connectivity index (χ1v) is 11.3. The molecular weight excluding hydrogens is 336 g/mol. The summed E-state index contributed by atoms with van der Waals surface area (Å²) < 4.78 is 32.0. The Bertz CT molecular complexity index is 690. The van der Waals surface area contributed by atoms with Gasteiger partial charge in [0.25, 0.3) is 0 Å². The van der Waals surface area contributed by atoms with E-state index in [-0.39, 0.29) is 0 Å². The number of hydrogen-bond acceptors (Lipinski definition) is 4. The van der Waals surface area contributed by atoms with Crippen molar-refractivity contribution in [1.29, 1.82) is 0 Å². The van der Waals surface area contributed by atoms with E-state index in [0.717, 1.165) is 43.8 Å². The molecule has 0 amide bonds. The number of nitrogens with zero attached hydrogens (tertiary/aromatic N) is 1. The molecule has 1 N–H and O–H groups in total.